The molecule has 0 aliphatic carbocycles. The smallest absolute Gasteiger partial charge is 0.267 e. The van der Waals surface area contributed by atoms with Crippen LogP contribution in [0.2, 0.25) is 0 Å². The van der Waals surface area contributed by atoms with Gasteiger partial charge in [-0.25, -0.2) is 4.98 Å². The molecule has 82 valence electrons. The van der Waals surface area contributed by atoms with E-state index >= 15 is 0 Å². The number of halogens is 1. The number of aromatic nitrogens is 3. The minimum absolute atomic E-state index is 0.0696. The average molecular weight is 328 g/mol. The summed E-state index contributed by atoms with van der Waals surface area (Å²) in [7, 11) is 0. The standard InChI is InChI=1S/C10H9IN4O/c11-9-4-13-6-15(10(9)16)5-8-3-7(12)1-2-14-8/h1-4,6H,5H2,(H2,12,14). The first-order valence-corrected chi connectivity index (χ1v) is 5.65. The highest BCUT2D eigenvalue weighted by atomic mass is 127. The van der Waals surface area contributed by atoms with Crippen LogP contribution >= 0.6 is 22.6 Å². The van der Waals surface area contributed by atoms with Gasteiger partial charge in [0.2, 0.25) is 0 Å². The third kappa shape index (κ3) is 2.38. The van der Waals surface area contributed by atoms with E-state index in [1.54, 1.807) is 18.3 Å². The topological polar surface area (TPSA) is 73.8 Å². The molecule has 0 unspecified atom stereocenters. The van der Waals surface area contributed by atoms with Gasteiger partial charge in [-0.3, -0.25) is 14.3 Å². The van der Waals surface area contributed by atoms with Crippen LogP contribution in [0.5, 0.6) is 0 Å². The Morgan fingerprint density at radius 2 is 2.31 bits per heavy atom. The lowest BCUT2D eigenvalue weighted by Gasteiger charge is -2.05. The lowest BCUT2D eigenvalue weighted by molar-refractivity contribution is 0.714. The van der Waals surface area contributed by atoms with Crippen molar-refractivity contribution in [3.63, 3.8) is 0 Å². The average Bonchev–Trinajstić information content (AvgIpc) is 2.25. The minimum Gasteiger partial charge on any atom is -0.399 e. The van der Waals surface area contributed by atoms with Crippen molar-refractivity contribution in [1.82, 2.24) is 14.5 Å². The summed E-state index contributed by atoms with van der Waals surface area (Å²) in [6, 6.07) is 3.45. The molecule has 0 aliphatic heterocycles. The molecule has 2 rings (SSSR count). The molecule has 0 fully saturated rings. The van der Waals surface area contributed by atoms with E-state index in [1.165, 1.54) is 17.1 Å². The molecule has 0 atom stereocenters. The molecule has 2 aromatic heterocycles. The lowest BCUT2D eigenvalue weighted by atomic mass is 10.3. The second-order valence-corrected chi connectivity index (χ2v) is 4.42. The van der Waals surface area contributed by atoms with Gasteiger partial charge in [0.1, 0.15) is 0 Å². The minimum atomic E-state index is -0.0696. The fraction of sp³-hybridized carbons (Fsp3) is 0.100. The van der Waals surface area contributed by atoms with Gasteiger partial charge in [-0.1, -0.05) is 0 Å². The van der Waals surface area contributed by atoms with Gasteiger partial charge in [0.25, 0.3) is 5.56 Å². The third-order valence-corrected chi connectivity index (χ3v) is 2.77. The summed E-state index contributed by atoms with van der Waals surface area (Å²) in [5.41, 5.74) is 6.94. The molecule has 0 spiro atoms. The third-order valence-electron chi connectivity index (χ3n) is 2.03. The van der Waals surface area contributed by atoms with Gasteiger partial charge >= 0.3 is 0 Å². The number of nitrogens with zero attached hydrogens (tertiary/aromatic N) is 3. The van der Waals surface area contributed by atoms with Crippen LogP contribution < -0.4 is 11.3 Å². The van der Waals surface area contributed by atoms with E-state index in [9.17, 15) is 4.79 Å². The summed E-state index contributed by atoms with van der Waals surface area (Å²) in [4.78, 5) is 19.8. The van der Waals surface area contributed by atoms with Crippen molar-refractivity contribution in [3.05, 3.63) is 50.5 Å². The highest BCUT2D eigenvalue weighted by molar-refractivity contribution is 14.1. The predicted octanol–water partition coefficient (Wildman–Crippen LogP) is 0.873. The summed E-state index contributed by atoms with van der Waals surface area (Å²) in [6.45, 7) is 0.383. The van der Waals surface area contributed by atoms with Crippen LogP contribution in [0.25, 0.3) is 0 Å². The number of hydrogen-bond acceptors (Lipinski definition) is 4. The molecule has 0 saturated carbocycles. The van der Waals surface area contributed by atoms with Crippen molar-refractivity contribution in [2.75, 3.05) is 5.73 Å². The maximum absolute atomic E-state index is 11.7. The zero-order chi connectivity index (χ0) is 11.5. The number of hydrogen-bond donors (Lipinski definition) is 1. The number of pyridine rings is 1. The summed E-state index contributed by atoms with van der Waals surface area (Å²) >= 11 is 1.96. The fourth-order valence-corrected chi connectivity index (χ4v) is 1.77. The Morgan fingerprint density at radius 3 is 3.06 bits per heavy atom. The van der Waals surface area contributed by atoms with Gasteiger partial charge < -0.3 is 5.73 Å². The van der Waals surface area contributed by atoms with E-state index in [1.807, 2.05) is 22.6 Å². The van der Waals surface area contributed by atoms with Crippen molar-refractivity contribution in [2.45, 2.75) is 6.54 Å². The second kappa shape index (κ2) is 4.60. The Bertz CT molecular complexity index is 567. The second-order valence-electron chi connectivity index (χ2n) is 3.26. The van der Waals surface area contributed by atoms with E-state index < -0.39 is 0 Å². The van der Waals surface area contributed by atoms with Gasteiger partial charge in [0.05, 0.1) is 22.1 Å². The molecule has 2 aromatic rings. The zero-order valence-electron chi connectivity index (χ0n) is 8.30. The SMILES string of the molecule is Nc1ccnc(Cn2cncc(I)c2=O)c1. The van der Waals surface area contributed by atoms with E-state index in [4.69, 9.17) is 5.73 Å². The lowest BCUT2D eigenvalue weighted by Crippen LogP contribution is -2.23. The quantitative estimate of drug-likeness (QED) is 0.831. The van der Waals surface area contributed by atoms with Gasteiger partial charge in [-0.05, 0) is 34.7 Å². The summed E-state index contributed by atoms with van der Waals surface area (Å²) in [6.07, 6.45) is 4.65. The van der Waals surface area contributed by atoms with Crippen molar-refractivity contribution in [1.29, 1.82) is 0 Å². The monoisotopic (exact) mass is 328 g/mol. The van der Waals surface area contributed by atoms with Gasteiger partial charge in [-0.2, -0.15) is 0 Å². The first kappa shape index (κ1) is 11.1. The number of anilines is 1. The molecule has 2 heterocycles. The van der Waals surface area contributed by atoms with Crippen molar-refractivity contribution >= 4 is 28.3 Å². The summed E-state index contributed by atoms with van der Waals surface area (Å²) in [5.74, 6) is 0. The van der Waals surface area contributed by atoms with Gasteiger partial charge in [0, 0.05) is 18.1 Å². The zero-order valence-corrected chi connectivity index (χ0v) is 10.5. The highest BCUT2D eigenvalue weighted by Crippen LogP contribution is 2.04. The van der Waals surface area contributed by atoms with Gasteiger partial charge in [-0.15, -0.1) is 0 Å². The molecule has 6 heteroatoms. The van der Waals surface area contributed by atoms with Crippen molar-refractivity contribution in [3.8, 4) is 0 Å². The van der Waals surface area contributed by atoms with Crippen LogP contribution in [0.4, 0.5) is 5.69 Å². The molecule has 5 nitrogen and oxygen atoms in total. The van der Waals surface area contributed by atoms with Crippen molar-refractivity contribution < 1.29 is 0 Å². The molecule has 0 amide bonds. The molecule has 2 N–H and O–H groups in total. The van der Waals surface area contributed by atoms with Crippen LogP contribution in [0.15, 0.2) is 35.6 Å². The van der Waals surface area contributed by atoms with Crippen LogP contribution in [0, 0.1) is 3.57 Å². The molecule has 0 aromatic carbocycles. The first-order valence-electron chi connectivity index (χ1n) is 4.57. The van der Waals surface area contributed by atoms with Crippen LogP contribution in [-0.2, 0) is 6.54 Å². The van der Waals surface area contributed by atoms with Crippen LogP contribution in [0.1, 0.15) is 5.69 Å². The highest BCUT2D eigenvalue weighted by Gasteiger charge is 2.02. The number of rotatable bonds is 2. The van der Waals surface area contributed by atoms with Crippen molar-refractivity contribution in [2.24, 2.45) is 0 Å². The first-order chi connectivity index (χ1) is 7.66. The Morgan fingerprint density at radius 1 is 1.50 bits per heavy atom. The fourth-order valence-electron chi connectivity index (χ4n) is 1.29. The maximum Gasteiger partial charge on any atom is 0.267 e. The van der Waals surface area contributed by atoms with Crippen LogP contribution in [0.3, 0.4) is 0 Å². The predicted molar refractivity (Wildman–Crippen MR) is 69.0 cm³/mol. The molecule has 0 bridgehead atoms. The van der Waals surface area contributed by atoms with Gasteiger partial charge in [0.15, 0.2) is 0 Å². The van der Waals surface area contributed by atoms with E-state index in [-0.39, 0.29) is 5.56 Å². The number of nitrogens with two attached hydrogens (primary N) is 1. The molecule has 0 saturated heterocycles. The number of nitrogen functional groups attached to an aromatic ring is 1. The Kier molecular flexibility index (Phi) is 3.18. The summed E-state index contributed by atoms with van der Waals surface area (Å²) < 4.78 is 2.09. The molecule has 16 heavy (non-hydrogen) atoms. The van der Waals surface area contributed by atoms with Crippen LogP contribution in [-0.4, -0.2) is 14.5 Å². The normalized spacial score (nSPS) is 10.3. The molecule has 0 radical (unpaired) electrons. The van der Waals surface area contributed by atoms with E-state index in [0.717, 1.165) is 5.69 Å². The largest absolute Gasteiger partial charge is 0.399 e. The molecular formula is C10H9IN4O. The summed E-state index contributed by atoms with van der Waals surface area (Å²) in [5, 5.41) is 0. The molecule has 0 aliphatic rings. The Hall–Kier alpha value is -1.44. The Balaban J connectivity index is 2.34. The molecular weight excluding hydrogens is 319 g/mol. The van der Waals surface area contributed by atoms with E-state index in [0.29, 0.717) is 15.8 Å². The van der Waals surface area contributed by atoms with E-state index in [2.05, 4.69) is 9.97 Å². The maximum atomic E-state index is 11.7. The Labute approximate surface area is 105 Å².